The summed E-state index contributed by atoms with van der Waals surface area (Å²) in [5.74, 6) is -4.35. The molecule has 1 unspecified atom stereocenters. The summed E-state index contributed by atoms with van der Waals surface area (Å²) in [6.07, 6.45) is 0. The normalized spacial score (nSPS) is 13.5. The first-order valence-corrected chi connectivity index (χ1v) is 6.83. The van der Waals surface area contributed by atoms with Crippen LogP contribution in [-0.4, -0.2) is 25.5 Å². The average molecular weight is 293 g/mol. The number of carboxylic acids is 1. The highest BCUT2D eigenvalue weighted by molar-refractivity contribution is 7.89. The summed E-state index contributed by atoms with van der Waals surface area (Å²) in [4.78, 5) is 10.4. The van der Waals surface area contributed by atoms with Crippen LogP contribution in [0.3, 0.4) is 0 Å². The third-order valence-electron chi connectivity index (χ3n) is 2.42. The predicted molar refractivity (Wildman–Crippen MR) is 62.9 cm³/mol. The third-order valence-corrected chi connectivity index (χ3v) is 3.85. The van der Waals surface area contributed by atoms with Gasteiger partial charge in [-0.1, -0.05) is 13.8 Å². The quantitative estimate of drug-likeness (QED) is 0.858. The van der Waals surface area contributed by atoms with Crippen molar-refractivity contribution < 1.29 is 27.1 Å². The van der Waals surface area contributed by atoms with Gasteiger partial charge in [-0.05, 0) is 24.1 Å². The van der Waals surface area contributed by atoms with Crippen LogP contribution in [0, 0.1) is 17.6 Å². The summed E-state index contributed by atoms with van der Waals surface area (Å²) in [7, 11) is -4.23. The molecule has 0 saturated heterocycles. The number of carbonyl (C=O) groups is 1. The van der Waals surface area contributed by atoms with Crippen LogP contribution in [-0.2, 0) is 14.8 Å². The van der Waals surface area contributed by atoms with E-state index in [1.807, 2.05) is 4.72 Å². The van der Waals surface area contributed by atoms with Gasteiger partial charge in [0.25, 0.3) is 0 Å². The van der Waals surface area contributed by atoms with Crippen molar-refractivity contribution in [1.82, 2.24) is 4.72 Å². The van der Waals surface area contributed by atoms with Crippen LogP contribution in [0.4, 0.5) is 8.78 Å². The van der Waals surface area contributed by atoms with Gasteiger partial charge in [-0.25, -0.2) is 17.2 Å². The fourth-order valence-corrected chi connectivity index (χ4v) is 2.70. The van der Waals surface area contributed by atoms with Gasteiger partial charge in [0.1, 0.15) is 6.04 Å². The Bertz CT molecular complexity index is 586. The maximum atomic E-state index is 13.0. The highest BCUT2D eigenvalue weighted by Gasteiger charge is 2.28. The first-order valence-electron chi connectivity index (χ1n) is 5.35. The van der Waals surface area contributed by atoms with E-state index in [9.17, 15) is 22.0 Å². The average Bonchev–Trinajstić information content (AvgIpc) is 2.28. The van der Waals surface area contributed by atoms with E-state index in [1.165, 1.54) is 13.8 Å². The molecular formula is C11H13F2NO4S. The number of aliphatic carboxylic acids is 1. The molecule has 1 aromatic rings. The number of hydrogen-bond acceptors (Lipinski definition) is 3. The number of hydrogen-bond donors (Lipinski definition) is 2. The Hall–Kier alpha value is -1.54. The first-order chi connectivity index (χ1) is 8.65. The zero-order valence-corrected chi connectivity index (χ0v) is 11.0. The zero-order valence-electron chi connectivity index (χ0n) is 10.2. The smallest absolute Gasteiger partial charge is 0.322 e. The van der Waals surface area contributed by atoms with Crippen LogP contribution in [0.25, 0.3) is 0 Å². The van der Waals surface area contributed by atoms with E-state index in [0.29, 0.717) is 12.1 Å². The molecule has 0 bridgehead atoms. The standard InChI is InChI=1S/C11H13F2NO4S/c1-6(2)10(11(15)16)14-19(17,18)7-3-4-8(12)9(13)5-7/h3-6,10,14H,1-2H3,(H,15,16). The molecule has 106 valence electrons. The second-order valence-corrected chi connectivity index (χ2v) is 5.97. The summed E-state index contributed by atoms with van der Waals surface area (Å²) in [5, 5.41) is 8.89. The molecule has 19 heavy (non-hydrogen) atoms. The van der Waals surface area contributed by atoms with E-state index in [4.69, 9.17) is 5.11 Å². The van der Waals surface area contributed by atoms with E-state index >= 15 is 0 Å². The lowest BCUT2D eigenvalue weighted by Gasteiger charge is -2.17. The fourth-order valence-electron chi connectivity index (χ4n) is 1.35. The van der Waals surface area contributed by atoms with Gasteiger partial charge in [0, 0.05) is 0 Å². The molecule has 2 N–H and O–H groups in total. The molecule has 0 fully saturated rings. The number of benzene rings is 1. The molecule has 1 aromatic carbocycles. The molecule has 0 aliphatic heterocycles. The summed E-state index contributed by atoms with van der Waals surface area (Å²) in [6.45, 7) is 3.04. The SMILES string of the molecule is CC(C)C(NS(=O)(=O)c1ccc(F)c(F)c1)C(=O)O. The maximum absolute atomic E-state index is 13.0. The summed E-state index contributed by atoms with van der Waals surface area (Å²) in [6, 6.07) is 0.671. The van der Waals surface area contributed by atoms with Crippen molar-refractivity contribution in [3.05, 3.63) is 29.8 Å². The monoisotopic (exact) mass is 293 g/mol. The van der Waals surface area contributed by atoms with Crippen molar-refractivity contribution >= 4 is 16.0 Å². The summed E-state index contributed by atoms with van der Waals surface area (Å²) in [5.41, 5.74) is 0. The second kappa shape index (κ2) is 5.62. The molecule has 0 aliphatic rings. The third kappa shape index (κ3) is 3.71. The van der Waals surface area contributed by atoms with Gasteiger partial charge in [-0.3, -0.25) is 4.79 Å². The minimum absolute atomic E-state index is 0.497. The Morgan fingerprint density at radius 3 is 2.26 bits per heavy atom. The maximum Gasteiger partial charge on any atom is 0.322 e. The predicted octanol–water partition coefficient (Wildman–Crippen LogP) is 1.35. The molecular weight excluding hydrogens is 280 g/mol. The molecule has 1 atom stereocenters. The molecule has 0 aromatic heterocycles. The Kier molecular flexibility index (Phi) is 4.59. The number of halogens is 2. The molecule has 0 spiro atoms. The van der Waals surface area contributed by atoms with Crippen LogP contribution < -0.4 is 4.72 Å². The number of sulfonamides is 1. The highest BCUT2D eigenvalue weighted by atomic mass is 32.2. The van der Waals surface area contributed by atoms with Gasteiger partial charge in [0.15, 0.2) is 11.6 Å². The first kappa shape index (κ1) is 15.5. The van der Waals surface area contributed by atoms with Crippen molar-refractivity contribution in [2.24, 2.45) is 5.92 Å². The summed E-state index contributed by atoms with van der Waals surface area (Å²) >= 11 is 0. The topological polar surface area (TPSA) is 83.5 Å². The van der Waals surface area contributed by atoms with Crippen LogP contribution in [0.5, 0.6) is 0 Å². The molecule has 0 radical (unpaired) electrons. The van der Waals surface area contributed by atoms with E-state index < -0.39 is 44.5 Å². The molecule has 0 amide bonds. The van der Waals surface area contributed by atoms with Crippen LogP contribution >= 0.6 is 0 Å². The Morgan fingerprint density at radius 1 is 1.26 bits per heavy atom. The minimum Gasteiger partial charge on any atom is -0.480 e. The molecule has 0 heterocycles. The van der Waals surface area contributed by atoms with Gasteiger partial charge in [-0.2, -0.15) is 4.72 Å². The molecule has 1 rings (SSSR count). The summed E-state index contributed by atoms with van der Waals surface area (Å²) < 4.78 is 51.3. The number of rotatable bonds is 5. The van der Waals surface area contributed by atoms with Crippen LogP contribution in [0.2, 0.25) is 0 Å². The van der Waals surface area contributed by atoms with Crippen molar-refractivity contribution in [3.63, 3.8) is 0 Å². The number of nitrogens with one attached hydrogen (secondary N) is 1. The fraction of sp³-hybridized carbons (Fsp3) is 0.364. The lowest BCUT2D eigenvalue weighted by atomic mass is 10.1. The Morgan fingerprint density at radius 2 is 1.84 bits per heavy atom. The van der Waals surface area contributed by atoms with Crippen LogP contribution in [0.15, 0.2) is 23.1 Å². The van der Waals surface area contributed by atoms with Gasteiger partial charge in [-0.15, -0.1) is 0 Å². The largest absolute Gasteiger partial charge is 0.480 e. The molecule has 5 nitrogen and oxygen atoms in total. The highest BCUT2D eigenvalue weighted by Crippen LogP contribution is 2.15. The van der Waals surface area contributed by atoms with Crippen LogP contribution in [0.1, 0.15) is 13.8 Å². The Labute approximate surface area is 109 Å². The molecule has 8 heteroatoms. The van der Waals surface area contributed by atoms with Gasteiger partial charge >= 0.3 is 5.97 Å². The molecule has 0 aliphatic carbocycles. The van der Waals surface area contributed by atoms with Crippen molar-refractivity contribution in [1.29, 1.82) is 0 Å². The van der Waals surface area contributed by atoms with Gasteiger partial charge in [0.05, 0.1) is 4.90 Å². The van der Waals surface area contributed by atoms with Crippen molar-refractivity contribution in [3.8, 4) is 0 Å². The van der Waals surface area contributed by atoms with Crippen molar-refractivity contribution in [2.75, 3.05) is 0 Å². The Balaban J connectivity index is 3.10. The lowest BCUT2D eigenvalue weighted by Crippen LogP contribution is -2.44. The van der Waals surface area contributed by atoms with E-state index in [0.717, 1.165) is 6.07 Å². The van der Waals surface area contributed by atoms with E-state index in [-0.39, 0.29) is 0 Å². The lowest BCUT2D eigenvalue weighted by molar-refractivity contribution is -0.140. The van der Waals surface area contributed by atoms with Crippen molar-refractivity contribution in [2.45, 2.75) is 24.8 Å². The molecule has 0 saturated carbocycles. The van der Waals surface area contributed by atoms with E-state index in [1.54, 1.807) is 0 Å². The second-order valence-electron chi connectivity index (χ2n) is 4.26. The zero-order chi connectivity index (χ0) is 14.8. The number of carboxylic acid groups (broad SMARTS) is 1. The van der Waals surface area contributed by atoms with E-state index in [2.05, 4.69) is 0 Å². The van der Waals surface area contributed by atoms with Gasteiger partial charge in [0.2, 0.25) is 10.0 Å². The van der Waals surface area contributed by atoms with Gasteiger partial charge < -0.3 is 5.11 Å². The minimum atomic E-state index is -4.23.